The standard InChI is InChI=1S/C34H55N11O11/c1-18(2)28(35)31(51)43-23(8-7-15-39-34(36)54)29(49)45-26(33(53)56-20(5)6)13-14-27(48)42-24(11-9-21(46)16-40-37)30(50)44-25(32(52)55-19(3)4)12-10-22(47)17-41-38/h16-20,23-26,28H,7-15,35H2,1-6H3,(H,42,48)(H,43,51)(H,44,50)(H,45,49)(H3,36,39,54)/t23-,24-,25-,26-,28-/m0/s1. The Morgan fingerprint density at radius 1 is 0.607 bits per heavy atom. The molecule has 0 aliphatic rings. The van der Waals surface area contributed by atoms with E-state index in [0.717, 1.165) is 0 Å². The Morgan fingerprint density at radius 3 is 1.43 bits per heavy atom. The molecule has 0 saturated carbocycles. The number of carbonyl (C=O) groups is 9. The smallest absolute Gasteiger partial charge is 0.328 e. The number of nitrogens with two attached hydrogens (primary N) is 2. The summed E-state index contributed by atoms with van der Waals surface area (Å²) in [5.41, 5.74) is 28.4. The largest absolute Gasteiger partial charge is 0.461 e. The molecule has 0 aromatic rings. The molecule has 6 amide bonds. The topological polar surface area (TPSA) is 357 Å². The van der Waals surface area contributed by atoms with Crippen molar-refractivity contribution >= 4 is 65.6 Å². The van der Waals surface area contributed by atoms with Gasteiger partial charge in [-0.15, -0.1) is 0 Å². The summed E-state index contributed by atoms with van der Waals surface area (Å²) in [6.45, 7) is 9.67. The average molecular weight is 794 g/mol. The molecule has 56 heavy (non-hydrogen) atoms. The lowest BCUT2D eigenvalue weighted by Gasteiger charge is -2.25. The summed E-state index contributed by atoms with van der Waals surface area (Å²) in [4.78, 5) is 119. The molecule has 5 atom stereocenters. The number of hydrogen-bond acceptors (Lipinski definition) is 12. The highest BCUT2D eigenvalue weighted by atomic mass is 16.5. The van der Waals surface area contributed by atoms with Crippen LogP contribution in [0.25, 0.3) is 11.1 Å². The molecule has 312 valence electrons. The summed E-state index contributed by atoms with van der Waals surface area (Å²) in [6.07, 6.45) is -2.15. The van der Waals surface area contributed by atoms with E-state index in [0.29, 0.717) is 12.4 Å². The maximum absolute atomic E-state index is 13.5. The molecule has 0 bridgehead atoms. The lowest BCUT2D eigenvalue weighted by Crippen LogP contribution is -2.56. The van der Waals surface area contributed by atoms with Crippen molar-refractivity contribution in [2.24, 2.45) is 17.4 Å². The van der Waals surface area contributed by atoms with Crippen molar-refractivity contribution in [3.05, 3.63) is 11.1 Å². The van der Waals surface area contributed by atoms with Crippen LogP contribution in [0.15, 0.2) is 0 Å². The lowest BCUT2D eigenvalue weighted by molar-refractivity contribution is -0.152. The third kappa shape index (κ3) is 21.8. The first-order chi connectivity index (χ1) is 26.2. The summed E-state index contributed by atoms with van der Waals surface area (Å²) in [5, 5.41) is 12.2. The molecule has 9 N–H and O–H groups in total. The van der Waals surface area contributed by atoms with Crippen molar-refractivity contribution in [1.82, 2.24) is 26.6 Å². The van der Waals surface area contributed by atoms with Crippen LogP contribution in [0, 0.1) is 5.92 Å². The number of amides is 6. The zero-order valence-electron chi connectivity index (χ0n) is 32.6. The van der Waals surface area contributed by atoms with Crippen molar-refractivity contribution in [2.45, 2.75) is 135 Å². The van der Waals surface area contributed by atoms with Gasteiger partial charge in [-0.1, -0.05) is 13.8 Å². The second-order valence-corrected chi connectivity index (χ2v) is 13.5. The third-order valence-electron chi connectivity index (χ3n) is 7.60. The minimum absolute atomic E-state index is 0.0134. The van der Waals surface area contributed by atoms with Crippen LogP contribution in [0.4, 0.5) is 4.79 Å². The maximum atomic E-state index is 13.5. The van der Waals surface area contributed by atoms with Crippen LogP contribution in [0.2, 0.25) is 0 Å². The molecule has 0 radical (unpaired) electrons. The van der Waals surface area contributed by atoms with Crippen molar-refractivity contribution in [2.75, 3.05) is 6.54 Å². The second kappa shape index (κ2) is 26.8. The molecule has 0 rings (SSSR count). The number of ether oxygens (including phenoxy) is 2. The van der Waals surface area contributed by atoms with E-state index >= 15 is 0 Å². The van der Waals surface area contributed by atoms with Gasteiger partial charge in [0.05, 0.1) is 18.2 Å². The molecule has 0 saturated heterocycles. The minimum Gasteiger partial charge on any atom is -0.461 e. The first-order valence-corrected chi connectivity index (χ1v) is 18.0. The molecule has 0 aliphatic heterocycles. The van der Waals surface area contributed by atoms with Crippen LogP contribution in [0.1, 0.15) is 92.9 Å². The number of nitrogens with one attached hydrogen (secondary N) is 5. The fourth-order valence-corrected chi connectivity index (χ4v) is 4.67. The number of urea groups is 1. The zero-order chi connectivity index (χ0) is 43.0. The molecule has 0 aromatic heterocycles. The summed E-state index contributed by atoms with van der Waals surface area (Å²) < 4.78 is 10.5. The normalized spacial score (nSPS) is 13.3. The van der Waals surface area contributed by atoms with Gasteiger partial charge in [-0.25, -0.2) is 14.4 Å². The summed E-state index contributed by atoms with van der Waals surface area (Å²) in [5.74, 6) is -6.80. The van der Waals surface area contributed by atoms with Gasteiger partial charge in [0.2, 0.25) is 35.2 Å². The highest BCUT2D eigenvalue weighted by Gasteiger charge is 2.32. The van der Waals surface area contributed by atoms with Gasteiger partial charge in [0, 0.05) is 25.8 Å². The first kappa shape index (κ1) is 50.1. The van der Waals surface area contributed by atoms with E-state index in [-0.39, 0.29) is 51.0 Å². The highest BCUT2D eigenvalue weighted by molar-refractivity contribution is 6.25. The van der Waals surface area contributed by atoms with Crippen LogP contribution in [-0.2, 0) is 47.8 Å². The highest BCUT2D eigenvalue weighted by Crippen LogP contribution is 2.10. The van der Waals surface area contributed by atoms with E-state index in [4.69, 9.17) is 32.0 Å². The number of primary amides is 1. The number of nitrogens with zero attached hydrogens (tertiary/aromatic N) is 4. The van der Waals surface area contributed by atoms with Gasteiger partial charge in [0.25, 0.3) is 0 Å². The van der Waals surface area contributed by atoms with Crippen molar-refractivity contribution in [3.63, 3.8) is 0 Å². The third-order valence-corrected chi connectivity index (χ3v) is 7.60. The van der Waals surface area contributed by atoms with Crippen LogP contribution in [0.3, 0.4) is 0 Å². The first-order valence-electron chi connectivity index (χ1n) is 18.0. The average Bonchev–Trinajstić information content (AvgIpc) is 3.10. The Balaban J connectivity index is 6.24. The molecule has 0 heterocycles. The predicted molar refractivity (Wildman–Crippen MR) is 197 cm³/mol. The number of ketones is 2. The number of hydrogen-bond donors (Lipinski definition) is 7. The van der Waals surface area contributed by atoms with E-state index in [1.165, 1.54) is 0 Å². The van der Waals surface area contributed by atoms with Gasteiger partial charge in [-0.2, -0.15) is 9.58 Å². The summed E-state index contributed by atoms with van der Waals surface area (Å²) in [6, 6.07) is -7.35. The van der Waals surface area contributed by atoms with Gasteiger partial charge in [0.1, 0.15) is 24.2 Å². The van der Waals surface area contributed by atoms with Gasteiger partial charge in [-0.3, -0.25) is 28.8 Å². The van der Waals surface area contributed by atoms with Crippen LogP contribution in [-0.4, -0.2) is 124 Å². The Kier molecular flexibility index (Phi) is 24.0. The molecular formula is C34H55N11O11. The van der Waals surface area contributed by atoms with Crippen LogP contribution >= 0.6 is 0 Å². The summed E-state index contributed by atoms with van der Waals surface area (Å²) in [7, 11) is 0. The molecule has 0 aromatic carbocycles. The molecule has 0 spiro atoms. The maximum Gasteiger partial charge on any atom is 0.328 e. The van der Waals surface area contributed by atoms with Gasteiger partial charge in [-0.05, 0) is 65.7 Å². The quantitative estimate of drug-likeness (QED) is 0.0162. The van der Waals surface area contributed by atoms with Crippen molar-refractivity contribution in [3.8, 4) is 0 Å². The Labute approximate surface area is 324 Å². The predicted octanol–water partition coefficient (Wildman–Crippen LogP) is -1.66. The minimum atomic E-state index is -1.49. The van der Waals surface area contributed by atoms with E-state index in [9.17, 15) is 43.2 Å². The lowest BCUT2D eigenvalue weighted by atomic mass is 10.0. The molecule has 0 aliphatic carbocycles. The molecular weight excluding hydrogens is 738 g/mol. The molecule has 22 nitrogen and oxygen atoms in total. The van der Waals surface area contributed by atoms with E-state index in [1.54, 1.807) is 41.5 Å². The fourth-order valence-electron chi connectivity index (χ4n) is 4.67. The SMILES string of the molecule is CC(C)OC(=O)[C@H](CCC(=O)C=[N+]=[N-])NC(=O)[C@H](CCC(=O)C=[N+]=[N-])NC(=O)CC[C@H](NC(=O)[C@H](CCCNC(N)=O)NC(=O)[C@@H](N)C(C)C)C(=O)OC(C)C. The van der Waals surface area contributed by atoms with Crippen LogP contribution < -0.4 is 38.1 Å². The van der Waals surface area contributed by atoms with Gasteiger partial charge < -0.3 is 58.6 Å². The number of Topliss-reactive ketones (excluding diaryl/α,β-unsaturated/α-hetero) is 2. The zero-order valence-corrected chi connectivity index (χ0v) is 32.6. The molecule has 0 unspecified atom stereocenters. The Hall–Kier alpha value is -5.85. The Bertz CT molecular complexity index is 1510. The molecule has 0 fully saturated rings. The van der Waals surface area contributed by atoms with Crippen LogP contribution in [0.5, 0.6) is 0 Å². The summed E-state index contributed by atoms with van der Waals surface area (Å²) >= 11 is 0. The van der Waals surface area contributed by atoms with E-state index in [2.05, 4.69) is 36.2 Å². The molecule has 22 heteroatoms. The monoisotopic (exact) mass is 793 g/mol. The van der Waals surface area contributed by atoms with Crippen molar-refractivity contribution < 1.29 is 62.2 Å². The van der Waals surface area contributed by atoms with Crippen molar-refractivity contribution in [1.29, 1.82) is 0 Å². The number of carbonyl (C=O) groups excluding carboxylic acids is 9. The van der Waals surface area contributed by atoms with Gasteiger partial charge in [0.15, 0.2) is 0 Å². The fraction of sp³-hybridized carbons (Fsp3) is 0.676. The number of esters is 2. The second-order valence-electron chi connectivity index (χ2n) is 13.5. The number of rotatable bonds is 27. The van der Waals surface area contributed by atoms with E-state index < -0.39 is 108 Å². The van der Waals surface area contributed by atoms with Gasteiger partial charge >= 0.3 is 30.4 Å². The Morgan fingerprint density at radius 2 is 1.02 bits per heavy atom. The van der Waals surface area contributed by atoms with E-state index in [1.807, 2.05) is 0 Å².